The molecule has 1 N–H and O–H groups in total. The third-order valence-corrected chi connectivity index (χ3v) is 5.63. The number of hydrogen-bond donors (Lipinski definition) is 1. The lowest BCUT2D eigenvalue weighted by atomic mass is 10.1. The van der Waals surface area contributed by atoms with E-state index in [-0.39, 0.29) is 42.6 Å². The van der Waals surface area contributed by atoms with Crippen LogP contribution >= 0.6 is 0 Å². The fourth-order valence-electron chi connectivity index (χ4n) is 4.14. The number of ether oxygens (including phenoxy) is 3. The average molecular weight is 422 g/mol. The lowest BCUT2D eigenvalue weighted by molar-refractivity contribution is -0.144. The molecule has 3 heterocycles. The quantitative estimate of drug-likeness (QED) is 0.595. The molecule has 0 spiro atoms. The van der Waals surface area contributed by atoms with Gasteiger partial charge in [-0.1, -0.05) is 18.2 Å². The van der Waals surface area contributed by atoms with Gasteiger partial charge in [0.2, 0.25) is 24.8 Å². The molecule has 5 rings (SSSR count). The second kappa shape index (κ2) is 7.12. The molecule has 0 saturated carbocycles. The number of carbonyl (C=O) groups is 4. The highest BCUT2D eigenvalue weighted by Crippen LogP contribution is 2.40. The zero-order chi connectivity index (χ0) is 21.7. The fourth-order valence-corrected chi connectivity index (χ4v) is 4.14. The van der Waals surface area contributed by atoms with Crippen molar-refractivity contribution in [1.29, 1.82) is 0 Å². The largest absolute Gasteiger partial charge is 0.454 e. The van der Waals surface area contributed by atoms with Crippen LogP contribution in [-0.4, -0.2) is 41.3 Å². The summed E-state index contributed by atoms with van der Waals surface area (Å²) in [6, 6.07) is 8.98. The molecule has 31 heavy (non-hydrogen) atoms. The summed E-state index contributed by atoms with van der Waals surface area (Å²) in [4.78, 5) is 51.4. The molecule has 1 fully saturated rings. The molecule has 9 nitrogen and oxygen atoms in total. The normalized spacial score (nSPS) is 21.1. The van der Waals surface area contributed by atoms with E-state index < -0.39 is 24.1 Å². The maximum absolute atomic E-state index is 13.2. The van der Waals surface area contributed by atoms with Gasteiger partial charge in [0, 0.05) is 23.6 Å². The molecule has 2 aromatic rings. The molecule has 0 unspecified atom stereocenters. The molecule has 9 heteroatoms. The van der Waals surface area contributed by atoms with Crippen LogP contribution < -0.4 is 14.8 Å². The minimum atomic E-state index is -0.960. The number of cyclic esters (lactones) is 1. The van der Waals surface area contributed by atoms with Gasteiger partial charge in [0.25, 0.3) is 0 Å². The number of esters is 1. The van der Waals surface area contributed by atoms with Gasteiger partial charge in [-0.15, -0.1) is 0 Å². The number of hydrogen-bond acceptors (Lipinski definition) is 7. The smallest absolute Gasteiger partial charge is 0.340 e. The monoisotopic (exact) mass is 422 g/mol. The van der Waals surface area contributed by atoms with Gasteiger partial charge in [0.1, 0.15) is 6.04 Å². The van der Waals surface area contributed by atoms with Crippen molar-refractivity contribution in [3.05, 3.63) is 53.1 Å². The molecule has 3 aliphatic heterocycles. The Labute approximate surface area is 176 Å². The number of rotatable bonds is 4. The minimum Gasteiger partial charge on any atom is -0.454 e. The molecule has 158 valence electrons. The highest BCUT2D eigenvalue weighted by molar-refractivity contribution is 6.07. The van der Waals surface area contributed by atoms with Crippen LogP contribution in [0.3, 0.4) is 0 Å². The van der Waals surface area contributed by atoms with Crippen LogP contribution in [0.2, 0.25) is 0 Å². The van der Waals surface area contributed by atoms with Crippen LogP contribution in [0.5, 0.6) is 11.5 Å². The van der Waals surface area contributed by atoms with Crippen molar-refractivity contribution in [1.82, 2.24) is 4.90 Å². The van der Waals surface area contributed by atoms with Crippen LogP contribution in [0.15, 0.2) is 36.4 Å². The van der Waals surface area contributed by atoms with Crippen molar-refractivity contribution in [2.75, 3.05) is 12.1 Å². The molecule has 2 atom stereocenters. The summed E-state index contributed by atoms with van der Waals surface area (Å²) >= 11 is 0. The zero-order valence-corrected chi connectivity index (χ0v) is 16.5. The number of anilines is 1. The number of likely N-dealkylation sites (tertiary alicyclic amines) is 1. The summed E-state index contributed by atoms with van der Waals surface area (Å²) in [7, 11) is 0. The van der Waals surface area contributed by atoms with Gasteiger partial charge >= 0.3 is 5.97 Å². The molecule has 0 radical (unpaired) electrons. The SMILES string of the molecule is CC(=O)c1cc2c(cc1NC(=O)[C@@H]1CCC(=O)N1[C@H]1OC(=O)c3ccccc31)OCO2. The summed E-state index contributed by atoms with van der Waals surface area (Å²) in [6.07, 6.45) is -0.547. The number of ketones is 1. The first kappa shape index (κ1) is 19.1. The standard InChI is InChI=1S/C22H18N2O7/c1-11(25)14-8-17-18(30-10-29-17)9-15(14)23-20(27)16-6-7-19(26)24(16)21-12-4-2-3-5-13(12)22(28)31-21/h2-5,8-9,16,21H,6-7,10H2,1H3,(H,23,27)/t16-,21-/m0/s1. The van der Waals surface area contributed by atoms with Gasteiger partial charge in [-0.2, -0.15) is 0 Å². The van der Waals surface area contributed by atoms with E-state index in [0.29, 0.717) is 22.6 Å². The van der Waals surface area contributed by atoms with E-state index >= 15 is 0 Å². The first-order chi connectivity index (χ1) is 14.9. The molecule has 0 aromatic heterocycles. The number of Topliss-reactive ketones (excluding diaryl/α,β-unsaturated/α-hetero) is 1. The van der Waals surface area contributed by atoms with Gasteiger partial charge in [-0.3, -0.25) is 19.3 Å². The lowest BCUT2D eigenvalue weighted by Gasteiger charge is -2.29. The van der Waals surface area contributed by atoms with Gasteiger partial charge in [0.15, 0.2) is 17.3 Å². The van der Waals surface area contributed by atoms with Gasteiger partial charge in [-0.25, -0.2) is 4.79 Å². The Morgan fingerprint density at radius 2 is 1.84 bits per heavy atom. The van der Waals surface area contributed by atoms with E-state index in [2.05, 4.69) is 5.32 Å². The molecular weight excluding hydrogens is 404 g/mol. The molecule has 0 bridgehead atoms. The molecule has 3 aliphatic rings. The summed E-state index contributed by atoms with van der Waals surface area (Å²) in [5.74, 6) is -0.714. The number of nitrogens with one attached hydrogen (secondary N) is 1. The first-order valence-electron chi connectivity index (χ1n) is 9.80. The van der Waals surface area contributed by atoms with Crippen LogP contribution in [0.4, 0.5) is 5.69 Å². The Bertz CT molecular complexity index is 1140. The summed E-state index contributed by atoms with van der Waals surface area (Å²) in [5, 5.41) is 2.74. The van der Waals surface area contributed by atoms with Crippen LogP contribution in [0.1, 0.15) is 52.3 Å². The van der Waals surface area contributed by atoms with Gasteiger partial charge in [-0.05, 0) is 25.5 Å². The predicted molar refractivity (Wildman–Crippen MR) is 106 cm³/mol. The fraction of sp³-hybridized carbons (Fsp3) is 0.273. The van der Waals surface area contributed by atoms with E-state index in [1.807, 2.05) is 0 Å². The Morgan fingerprint density at radius 1 is 1.10 bits per heavy atom. The van der Waals surface area contributed by atoms with Gasteiger partial charge in [0.05, 0.1) is 11.3 Å². The van der Waals surface area contributed by atoms with E-state index in [9.17, 15) is 19.2 Å². The van der Waals surface area contributed by atoms with Crippen LogP contribution in [-0.2, 0) is 14.3 Å². The molecule has 1 saturated heterocycles. The summed E-state index contributed by atoms with van der Waals surface area (Å²) in [6.45, 7) is 1.41. The Kier molecular flexibility index (Phi) is 4.39. The highest BCUT2D eigenvalue weighted by Gasteiger charge is 2.46. The lowest BCUT2D eigenvalue weighted by Crippen LogP contribution is -2.44. The second-order valence-corrected chi connectivity index (χ2v) is 7.50. The highest BCUT2D eigenvalue weighted by atomic mass is 16.7. The zero-order valence-electron chi connectivity index (χ0n) is 16.5. The van der Waals surface area contributed by atoms with Gasteiger partial charge < -0.3 is 19.5 Å². The van der Waals surface area contributed by atoms with Crippen molar-refractivity contribution < 1.29 is 33.4 Å². The maximum atomic E-state index is 13.2. The maximum Gasteiger partial charge on any atom is 0.340 e. The molecule has 0 aliphatic carbocycles. The van der Waals surface area contributed by atoms with Crippen molar-refractivity contribution >= 4 is 29.3 Å². The Morgan fingerprint density at radius 3 is 2.61 bits per heavy atom. The summed E-state index contributed by atoms with van der Waals surface area (Å²) < 4.78 is 16.1. The number of fused-ring (bicyclic) bond motifs is 2. The average Bonchev–Trinajstić information content (AvgIpc) is 3.44. The molecule has 2 amide bonds. The topological polar surface area (TPSA) is 111 Å². The van der Waals surface area contributed by atoms with Crippen molar-refractivity contribution in [2.45, 2.75) is 32.0 Å². The van der Waals surface area contributed by atoms with Crippen molar-refractivity contribution in [3.8, 4) is 11.5 Å². The Hall–Kier alpha value is -3.88. The number of nitrogens with zero attached hydrogens (tertiary/aromatic N) is 1. The third kappa shape index (κ3) is 3.09. The second-order valence-electron chi connectivity index (χ2n) is 7.50. The number of benzene rings is 2. The molecular formula is C22H18N2O7. The minimum absolute atomic E-state index is 0.0292. The van der Waals surface area contributed by atoms with E-state index in [0.717, 1.165) is 0 Å². The van der Waals surface area contributed by atoms with Crippen molar-refractivity contribution in [3.63, 3.8) is 0 Å². The van der Waals surface area contributed by atoms with E-state index in [4.69, 9.17) is 14.2 Å². The van der Waals surface area contributed by atoms with E-state index in [1.165, 1.54) is 24.0 Å². The van der Waals surface area contributed by atoms with Crippen LogP contribution in [0, 0.1) is 0 Å². The third-order valence-electron chi connectivity index (χ3n) is 5.63. The number of amides is 2. The van der Waals surface area contributed by atoms with Crippen LogP contribution in [0.25, 0.3) is 0 Å². The first-order valence-corrected chi connectivity index (χ1v) is 9.80. The number of carbonyl (C=O) groups excluding carboxylic acids is 4. The van der Waals surface area contributed by atoms with Crippen molar-refractivity contribution in [2.24, 2.45) is 0 Å². The summed E-state index contributed by atoms with van der Waals surface area (Å²) in [5.41, 5.74) is 1.46. The predicted octanol–water partition coefficient (Wildman–Crippen LogP) is 2.42. The Balaban J connectivity index is 1.44. The molecule has 2 aromatic carbocycles. The van der Waals surface area contributed by atoms with E-state index in [1.54, 1.807) is 24.3 Å².